The largest absolute Gasteiger partial charge is 0.307 e. The number of hydrogen-bond donors (Lipinski definition) is 1. The molecule has 0 aliphatic carbocycles. The fourth-order valence-electron chi connectivity index (χ4n) is 1.43. The van der Waals surface area contributed by atoms with E-state index in [1.165, 1.54) is 6.07 Å². The molecule has 0 atom stereocenters. The van der Waals surface area contributed by atoms with Gasteiger partial charge >= 0.3 is 0 Å². The summed E-state index contributed by atoms with van der Waals surface area (Å²) >= 11 is 3.32. The molecule has 0 spiro atoms. The minimum atomic E-state index is -0.208. The topological polar surface area (TPSA) is 37.8 Å². The fourth-order valence-corrected chi connectivity index (χ4v) is 1.84. The first-order valence-corrected chi connectivity index (χ1v) is 5.96. The first-order valence-electron chi connectivity index (χ1n) is 5.17. The molecule has 0 aliphatic heterocycles. The standard InChI is InChI=1S/C12H11BrFN3/c13-10-3-4-12(14)9(6-10)7-15-8-11-2-1-5-16-17-11/h1-6,15H,7-8H2. The second-order valence-corrected chi connectivity index (χ2v) is 4.47. The van der Waals surface area contributed by atoms with Crippen LogP contribution in [0.1, 0.15) is 11.3 Å². The number of rotatable bonds is 4. The Kier molecular flexibility index (Phi) is 4.17. The van der Waals surface area contributed by atoms with Crippen LogP contribution in [-0.4, -0.2) is 10.2 Å². The Labute approximate surface area is 107 Å². The molecular formula is C12H11BrFN3. The van der Waals surface area contributed by atoms with Crippen LogP contribution in [0, 0.1) is 5.82 Å². The molecule has 2 aromatic rings. The van der Waals surface area contributed by atoms with Crippen molar-refractivity contribution < 1.29 is 4.39 Å². The minimum absolute atomic E-state index is 0.208. The summed E-state index contributed by atoms with van der Waals surface area (Å²) in [6.45, 7) is 1.03. The van der Waals surface area contributed by atoms with Crippen molar-refractivity contribution in [3.8, 4) is 0 Å². The van der Waals surface area contributed by atoms with Crippen LogP contribution in [0.3, 0.4) is 0 Å². The molecule has 0 fully saturated rings. The average Bonchev–Trinajstić information content (AvgIpc) is 2.35. The van der Waals surface area contributed by atoms with Gasteiger partial charge in [0.2, 0.25) is 0 Å². The predicted octanol–water partition coefficient (Wildman–Crippen LogP) is 2.67. The number of aromatic nitrogens is 2. The van der Waals surface area contributed by atoms with Crippen molar-refractivity contribution in [3.63, 3.8) is 0 Å². The highest BCUT2D eigenvalue weighted by Gasteiger charge is 2.02. The summed E-state index contributed by atoms with van der Waals surface area (Å²) in [7, 11) is 0. The lowest BCUT2D eigenvalue weighted by molar-refractivity contribution is 0.584. The van der Waals surface area contributed by atoms with Crippen molar-refractivity contribution >= 4 is 15.9 Å². The highest BCUT2D eigenvalue weighted by atomic mass is 79.9. The number of benzene rings is 1. The first kappa shape index (κ1) is 12.1. The summed E-state index contributed by atoms with van der Waals surface area (Å²) in [6.07, 6.45) is 1.62. The molecule has 1 aromatic heterocycles. The molecule has 0 bridgehead atoms. The SMILES string of the molecule is Fc1ccc(Br)cc1CNCc1cccnn1. The van der Waals surface area contributed by atoms with Gasteiger partial charge in [0.1, 0.15) is 5.82 Å². The highest BCUT2D eigenvalue weighted by molar-refractivity contribution is 9.10. The van der Waals surface area contributed by atoms with Gasteiger partial charge < -0.3 is 5.32 Å². The molecule has 1 N–H and O–H groups in total. The Morgan fingerprint density at radius 1 is 1.24 bits per heavy atom. The van der Waals surface area contributed by atoms with Gasteiger partial charge in [-0.15, -0.1) is 0 Å². The molecule has 0 saturated carbocycles. The Balaban J connectivity index is 1.92. The van der Waals surface area contributed by atoms with Crippen LogP contribution in [0.15, 0.2) is 41.0 Å². The van der Waals surface area contributed by atoms with E-state index in [2.05, 4.69) is 31.4 Å². The van der Waals surface area contributed by atoms with Gasteiger partial charge in [-0.05, 0) is 30.3 Å². The fraction of sp³-hybridized carbons (Fsp3) is 0.167. The van der Waals surface area contributed by atoms with E-state index in [-0.39, 0.29) is 5.82 Å². The minimum Gasteiger partial charge on any atom is -0.307 e. The van der Waals surface area contributed by atoms with Gasteiger partial charge in [-0.3, -0.25) is 0 Å². The molecule has 0 amide bonds. The van der Waals surface area contributed by atoms with E-state index in [4.69, 9.17) is 0 Å². The van der Waals surface area contributed by atoms with Gasteiger partial charge in [-0.1, -0.05) is 15.9 Å². The summed E-state index contributed by atoms with van der Waals surface area (Å²) in [5, 5.41) is 10.8. The van der Waals surface area contributed by atoms with Gasteiger partial charge in [0, 0.05) is 29.3 Å². The zero-order valence-corrected chi connectivity index (χ0v) is 10.6. The molecular weight excluding hydrogens is 285 g/mol. The Morgan fingerprint density at radius 3 is 2.88 bits per heavy atom. The summed E-state index contributed by atoms with van der Waals surface area (Å²) < 4.78 is 14.3. The molecule has 17 heavy (non-hydrogen) atoms. The summed E-state index contributed by atoms with van der Waals surface area (Å²) in [4.78, 5) is 0. The smallest absolute Gasteiger partial charge is 0.127 e. The van der Waals surface area contributed by atoms with Crippen LogP contribution in [0.4, 0.5) is 4.39 Å². The summed E-state index contributed by atoms with van der Waals surface area (Å²) in [6, 6.07) is 8.59. The highest BCUT2D eigenvalue weighted by Crippen LogP contribution is 2.15. The average molecular weight is 296 g/mol. The molecule has 1 heterocycles. The molecule has 0 saturated heterocycles. The number of hydrogen-bond acceptors (Lipinski definition) is 3. The van der Waals surface area contributed by atoms with Crippen molar-refractivity contribution in [2.45, 2.75) is 13.1 Å². The van der Waals surface area contributed by atoms with Gasteiger partial charge in [0.15, 0.2) is 0 Å². The summed E-state index contributed by atoms with van der Waals surface area (Å²) in [5.74, 6) is -0.208. The van der Waals surface area contributed by atoms with Crippen molar-refractivity contribution in [3.05, 3.63) is 58.1 Å². The maximum Gasteiger partial charge on any atom is 0.127 e. The van der Waals surface area contributed by atoms with Gasteiger partial charge in [-0.2, -0.15) is 10.2 Å². The zero-order chi connectivity index (χ0) is 12.1. The Bertz CT molecular complexity index is 490. The third-order valence-corrected chi connectivity index (χ3v) is 2.75. The number of nitrogens with zero attached hydrogens (tertiary/aromatic N) is 2. The van der Waals surface area contributed by atoms with Crippen LogP contribution in [0.5, 0.6) is 0 Å². The monoisotopic (exact) mass is 295 g/mol. The quantitative estimate of drug-likeness (QED) is 0.942. The number of halogens is 2. The van der Waals surface area contributed by atoms with E-state index in [9.17, 15) is 4.39 Å². The second-order valence-electron chi connectivity index (χ2n) is 3.55. The van der Waals surface area contributed by atoms with E-state index in [1.807, 2.05) is 12.1 Å². The molecule has 2 rings (SSSR count). The predicted molar refractivity (Wildman–Crippen MR) is 66.7 cm³/mol. The van der Waals surface area contributed by atoms with E-state index < -0.39 is 0 Å². The van der Waals surface area contributed by atoms with Gasteiger partial charge in [0.05, 0.1) is 5.69 Å². The maximum absolute atomic E-state index is 13.4. The Morgan fingerprint density at radius 2 is 2.12 bits per heavy atom. The Hall–Kier alpha value is -1.33. The molecule has 3 nitrogen and oxygen atoms in total. The molecule has 1 aromatic carbocycles. The first-order chi connectivity index (χ1) is 8.25. The van der Waals surface area contributed by atoms with E-state index in [1.54, 1.807) is 18.3 Å². The molecule has 0 radical (unpaired) electrons. The lowest BCUT2D eigenvalue weighted by atomic mass is 10.2. The van der Waals surface area contributed by atoms with Crippen molar-refractivity contribution in [2.75, 3.05) is 0 Å². The normalized spacial score (nSPS) is 10.5. The van der Waals surface area contributed by atoms with Crippen LogP contribution in [0.25, 0.3) is 0 Å². The lowest BCUT2D eigenvalue weighted by Crippen LogP contribution is -2.14. The van der Waals surface area contributed by atoms with Crippen LogP contribution < -0.4 is 5.32 Å². The lowest BCUT2D eigenvalue weighted by Gasteiger charge is -2.05. The second kappa shape index (κ2) is 5.84. The van der Waals surface area contributed by atoms with E-state index >= 15 is 0 Å². The van der Waals surface area contributed by atoms with Crippen LogP contribution >= 0.6 is 15.9 Å². The van der Waals surface area contributed by atoms with Crippen molar-refractivity contribution in [1.29, 1.82) is 0 Å². The van der Waals surface area contributed by atoms with Crippen molar-refractivity contribution in [1.82, 2.24) is 15.5 Å². The number of nitrogens with one attached hydrogen (secondary N) is 1. The maximum atomic E-state index is 13.4. The van der Waals surface area contributed by atoms with E-state index in [0.29, 0.717) is 18.7 Å². The molecule has 88 valence electrons. The van der Waals surface area contributed by atoms with Gasteiger partial charge in [-0.25, -0.2) is 4.39 Å². The van der Waals surface area contributed by atoms with E-state index in [0.717, 1.165) is 10.2 Å². The third-order valence-electron chi connectivity index (χ3n) is 2.26. The van der Waals surface area contributed by atoms with Crippen LogP contribution in [0.2, 0.25) is 0 Å². The molecule has 0 aliphatic rings. The third kappa shape index (κ3) is 3.57. The molecule has 0 unspecified atom stereocenters. The summed E-state index contributed by atoms with van der Waals surface area (Å²) in [5.41, 5.74) is 1.46. The van der Waals surface area contributed by atoms with Gasteiger partial charge in [0.25, 0.3) is 0 Å². The van der Waals surface area contributed by atoms with Crippen LogP contribution in [-0.2, 0) is 13.1 Å². The molecule has 5 heteroatoms. The van der Waals surface area contributed by atoms with Crippen molar-refractivity contribution in [2.24, 2.45) is 0 Å². The zero-order valence-electron chi connectivity index (χ0n) is 9.03.